The van der Waals surface area contributed by atoms with Crippen molar-refractivity contribution >= 4 is 35.1 Å². The number of ketones is 2. The highest BCUT2D eigenvalue weighted by molar-refractivity contribution is 6.49. The molecule has 35 heavy (non-hydrogen) atoms. The number of ether oxygens (including phenoxy) is 1. The van der Waals surface area contributed by atoms with Gasteiger partial charge in [-0.15, -0.1) is 0 Å². The lowest BCUT2D eigenvalue weighted by molar-refractivity contribution is -0.167. The Kier molecular flexibility index (Phi) is 9.40. The molecule has 3 atom stereocenters. The summed E-state index contributed by atoms with van der Waals surface area (Å²) in [5.41, 5.74) is 5.69. The maximum atomic E-state index is 13.3. The van der Waals surface area contributed by atoms with Crippen LogP contribution in [0.15, 0.2) is 58.0 Å². The maximum absolute atomic E-state index is 13.3. The summed E-state index contributed by atoms with van der Waals surface area (Å²) >= 11 is 6.38. The molecule has 0 fully saturated rings. The van der Waals surface area contributed by atoms with E-state index in [1.54, 1.807) is 17.2 Å². The average molecular weight is 505 g/mol. The van der Waals surface area contributed by atoms with E-state index in [0.29, 0.717) is 24.6 Å². The number of hydrogen-bond acceptors (Lipinski definition) is 7. The van der Waals surface area contributed by atoms with E-state index >= 15 is 0 Å². The molecule has 2 aliphatic rings. The molecule has 0 spiro atoms. The average Bonchev–Trinajstić information content (AvgIpc) is 2.79. The van der Waals surface area contributed by atoms with Crippen molar-refractivity contribution in [3.63, 3.8) is 0 Å². The van der Waals surface area contributed by atoms with Gasteiger partial charge in [0.1, 0.15) is 6.04 Å². The minimum Gasteiger partial charge on any atom is -0.480 e. The number of halogens is 1. The molecule has 0 unspecified atom stereocenters. The van der Waals surface area contributed by atoms with Crippen LogP contribution >= 0.6 is 11.6 Å². The Hall–Kier alpha value is -2.97. The second-order valence-electron chi connectivity index (χ2n) is 9.03. The number of allylic oxidation sites excluding steroid dienone is 6. The SMILES string of the molecule is CC[C@H](C)/C=C(C)/C=C/C1=CC2=C(Cl)C(=O)[C@@](C)(OC(C)=O)C(=O)C2=CN1CCC[C@H](N)C(=O)O. The number of carboxylic acids is 1. The molecule has 0 aromatic carbocycles. The quantitative estimate of drug-likeness (QED) is 0.261. The third-order valence-electron chi connectivity index (χ3n) is 6.03. The van der Waals surface area contributed by atoms with Crippen molar-refractivity contribution in [3.8, 4) is 0 Å². The first-order chi connectivity index (χ1) is 16.3. The Morgan fingerprint density at radius 1 is 1.29 bits per heavy atom. The monoisotopic (exact) mass is 504 g/mol. The van der Waals surface area contributed by atoms with E-state index in [1.165, 1.54) is 6.92 Å². The topological polar surface area (TPSA) is 127 Å². The van der Waals surface area contributed by atoms with Gasteiger partial charge in [-0.25, -0.2) is 0 Å². The summed E-state index contributed by atoms with van der Waals surface area (Å²) < 4.78 is 5.11. The number of nitrogens with zero attached hydrogens (tertiary/aromatic N) is 1. The smallest absolute Gasteiger partial charge is 0.320 e. The lowest BCUT2D eigenvalue weighted by Crippen LogP contribution is -2.52. The highest BCUT2D eigenvalue weighted by atomic mass is 35.5. The van der Waals surface area contributed by atoms with Gasteiger partial charge in [0, 0.05) is 36.5 Å². The zero-order valence-corrected chi connectivity index (χ0v) is 21.5. The molecular formula is C26H33ClN2O6. The highest BCUT2D eigenvalue weighted by Gasteiger charge is 2.52. The first-order valence-electron chi connectivity index (χ1n) is 11.6. The van der Waals surface area contributed by atoms with Crippen LogP contribution < -0.4 is 5.73 Å². The van der Waals surface area contributed by atoms with Crippen molar-refractivity contribution in [1.29, 1.82) is 0 Å². The maximum Gasteiger partial charge on any atom is 0.320 e. The summed E-state index contributed by atoms with van der Waals surface area (Å²) in [6.07, 6.45) is 10.8. The van der Waals surface area contributed by atoms with Crippen LogP contribution in [-0.2, 0) is 23.9 Å². The summed E-state index contributed by atoms with van der Waals surface area (Å²) in [5.74, 6) is -2.90. The number of carboxylic acid groups (broad SMARTS) is 1. The molecule has 9 heteroatoms. The Labute approximate surface area is 210 Å². The first kappa shape index (κ1) is 28.3. The summed E-state index contributed by atoms with van der Waals surface area (Å²) in [5, 5.41) is 8.87. The number of carbonyl (C=O) groups is 4. The zero-order valence-electron chi connectivity index (χ0n) is 20.8. The van der Waals surface area contributed by atoms with Crippen LogP contribution in [0.3, 0.4) is 0 Å². The van der Waals surface area contributed by atoms with Gasteiger partial charge in [0.2, 0.25) is 17.2 Å². The molecule has 1 aliphatic carbocycles. The van der Waals surface area contributed by atoms with Crippen LogP contribution in [0, 0.1) is 5.92 Å². The van der Waals surface area contributed by atoms with Gasteiger partial charge in [-0.1, -0.05) is 49.6 Å². The molecule has 0 aromatic heterocycles. The van der Waals surface area contributed by atoms with Gasteiger partial charge in [-0.2, -0.15) is 0 Å². The molecule has 0 saturated heterocycles. The third-order valence-corrected chi connectivity index (χ3v) is 6.41. The molecule has 0 aromatic rings. The molecule has 0 saturated carbocycles. The molecule has 1 heterocycles. The normalized spacial score (nSPS) is 22.6. The van der Waals surface area contributed by atoms with Gasteiger partial charge in [-0.05, 0) is 44.8 Å². The van der Waals surface area contributed by atoms with Crippen molar-refractivity contribution in [2.45, 2.75) is 65.5 Å². The lowest BCUT2D eigenvalue weighted by atomic mass is 9.79. The van der Waals surface area contributed by atoms with Crippen LogP contribution in [0.5, 0.6) is 0 Å². The summed E-state index contributed by atoms with van der Waals surface area (Å²) in [6, 6.07) is -0.998. The summed E-state index contributed by atoms with van der Waals surface area (Å²) in [7, 11) is 0. The number of aliphatic carboxylic acids is 1. The van der Waals surface area contributed by atoms with Crippen molar-refractivity contribution in [2.75, 3.05) is 6.54 Å². The van der Waals surface area contributed by atoms with Crippen LogP contribution in [0.25, 0.3) is 0 Å². The van der Waals surface area contributed by atoms with Crippen molar-refractivity contribution in [1.82, 2.24) is 4.90 Å². The van der Waals surface area contributed by atoms with Crippen LogP contribution in [-0.4, -0.2) is 51.7 Å². The van der Waals surface area contributed by atoms with E-state index in [4.69, 9.17) is 27.2 Å². The van der Waals surface area contributed by atoms with Crippen molar-refractivity contribution < 1.29 is 29.0 Å². The fourth-order valence-corrected chi connectivity index (χ4v) is 4.16. The number of carbonyl (C=O) groups excluding carboxylic acids is 3. The Morgan fingerprint density at radius 2 is 1.94 bits per heavy atom. The molecule has 8 nitrogen and oxygen atoms in total. The molecule has 1 aliphatic heterocycles. The minimum absolute atomic E-state index is 0.143. The van der Waals surface area contributed by atoms with Gasteiger partial charge >= 0.3 is 11.9 Å². The second kappa shape index (κ2) is 11.6. The van der Waals surface area contributed by atoms with Crippen LogP contribution in [0.4, 0.5) is 0 Å². The number of rotatable bonds is 10. The molecule has 0 bridgehead atoms. The zero-order chi connectivity index (χ0) is 26.5. The predicted octanol–water partition coefficient (Wildman–Crippen LogP) is 3.78. The van der Waals surface area contributed by atoms with Gasteiger partial charge < -0.3 is 20.5 Å². The van der Waals surface area contributed by atoms with E-state index in [9.17, 15) is 19.2 Å². The van der Waals surface area contributed by atoms with E-state index < -0.39 is 35.1 Å². The number of nitrogens with two attached hydrogens (primary N) is 1. The molecule has 0 amide bonds. The number of Topliss-reactive ketones (excluding diaryl/α,β-unsaturated/α-hetero) is 2. The summed E-state index contributed by atoms with van der Waals surface area (Å²) in [4.78, 5) is 50.6. The lowest BCUT2D eigenvalue weighted by Gasteiger charge is -2.35. The Balaban J connectivity index is 2.49. The van der Waals surface area contributed by atoms with Gasteiger partial charge in [0.05, 0.1) is 5.03 Å². The third kappa shape index (κ3) is 6.58. The summed E-state index contributed by atoms with van der Waals surface area (Å²) in [6.45, 7) is 8.92. The van der Waals surface area contributed by atoms with Crippen molar-refractivity contribution in [3.05, 3.63) is 58.0 Å². The number of fused-ring (bicyclic) bond motifs is 1. The molecule has 0 radical (unpaired) electrons. The molecule has 3 N–H and O–H groups in total. The van der Waals surface area contributed by atoms with Crippen LogP contribution in [0.2, 0.25) is 0 Å². The Morgan fingerprint density at radius 3 is 2.51 bits per heavy atom. The van der Waals surface area contributed by atoms with E-state index in [0.717, 1.165) is 18.9 Å². The fraction of sp³-hybridized carbons (Fsp3) is 0.462. The van der Waals surface area contributed by atoms with Gasteiger partial charge in [0.25, 0.3) is 0 Å². The molecule has 2 rings (SSSR count). The highest BCUT2D eigenvalue weighted by Crippen LogP contribution is 2.39. The number of esters is 1. The van der Waals surface area contributed by atoms with Gasteiger partial charge in [0.15, 0.2) is 0 Å². The molecular weight excluding hydrogens is 472 g/mol. The van der Waals surface area contributed by atoms with Crippen molar-refractivity contribution in [2.24, 2.45) is 11.7 Å². The second-order valence-corrected chi connectivity index (χ2v) is 9.41. The Bertz CT molecular complexity index is 1070. The first-order valence-corrected chi connectivity index (χ1v) is 11.9. The van der Waals surface area contributed by atoms with E-state index in [1.807, 2.05) is 19.1 Å². The fourth-order valence-electron chi connectivity index (χ4n) is 3.82. The predicted molar refractivity (Wildman–Crippen MR) is 133 cm³/mol. The van der Waals surface area contributed by atoms with Gasteiger partial charge in [-0.3, -0.25) is 19.2 Å². The van der Waals surface area contributed by atoms with E-state index in [2.05, 4.69) is 19.9 Å². The minimum atomic E-state index is -2.05. The largest absolute Gasteiger partial charge is 0.480 e. The van der Waals surface area contributed by atoms with E-state index in [-0.39, 0.29) is 22.6 Å². The van der Waals surface area contributed by atoms with Crippen LogP contribution in [0.1, 0.15) is 53.9 Å². The molecule has 190 valence electrons. The standard InChI is InChI=1S/C26H33ClN2O6/c1-6-15(2)12-16(3)9-10-18-13-19-20(14-29(18)11-7-8-21(28)25(33)34)23(31)26(5,35-17(4)30)24(32)22(19)27/h9-10,12-15,21H,6-8,11,28H2,1-5H3,(H,33,34)/b10-9+,16-12+/t15-,21-,26-/m0/s1. The number of hydrogen-bond donors (Lipinski definition) is 2.